The van der Waals surface area contributed by atoms with Gasteiger partial charge in [-0.2, -0.15) is 4.72 Å². The van der Waals surface area contributed by atoms with Crippen molar-refractivity contribution in [3.05, 3.63) is 70.8 Å². The minimum atomic E-state index is -3.55. The fourth-order valence-corrected chi connectivity index (χ4v) is 4.19. The fourth-order valence-electron chi connectivity index (χ4n) is 2.97. The van der Waals surface area contributed by atoms with Crippen LogP contribution in [0.5, 0.6) is 0 Å². The van der Waals surface area contributed by atoms with Crippen LogP contribution >= 0.6 is 0 Å². The summed E-state index contributed by atoms with van der Waals surface area (Å²) in [6.07, 6.45) is 3.99. The van der Waals surface area contributed by atoms with Gasteiger partial charge < -0.3 is 0 Å². The molecule has 0 bridgehead atoms. The lowest BCUT2D eigenvalue weighted by molar-refractivity contribution is 0.569. The fraction of sp³-hybridized carbons (Fsp3) is 0.263. The largest absolute Gasteiger partial charge is 0.241 e. The van der Waals surface area contributed by atoms with Gasteiger partial charge in [0, 0.05) is 0 Å². The van der Waals surface area contributed by atoms with Crippen molar-refractivity contribution in [1.82, 2.24) is 4.72 Å². The van der Waals surface area contributed by atoms with E-state index >= 15 is 0 Å². The Kier molecular flexibility index (Phi) is 4.37. The molecule has 0 unspecified atom stereocenters. The van der Waals surface area contributed by atoms with E-state index in [4.69, 9.17) is 0 Å². The predicted octanol–water partition coefficient (Wildman–Crippen LogP) is 4.21. The number of benzene rings is 2. The summed E-state index contributed by atoms with van der Waals surface area (Å²) in [7, 11) is -3.55. The Labute approximate surface area is 138 Å². The molecule has 0 aromatic heterocycles. The smallest absolute Gasteiger partial charge is 0.207 e. The highest BCUT2D eigenvalue weighted by molar-refractivity contribution is 7.89. The van der Waals surface area contributed by atoms with Gasteiger partial charge in [0.15, 0.2) is 0 Å². The van der Waals surface area contributed by atoms with Crippen molar-refractivity contribution in [3.8, 4) is 0 Å². The van der Waals surface area contributed by atoms with Crippen LogP contribution in [0.15, 0.2) is 59.0 Å². The molecule has 0 saturated heterocycles. The van der Waals surface area contributed by atoms with E-state index in [9.17, 15) is 8.42 Å². The highest BCUT2D eigenvalue weighted by Crippen LogP contribution is 2.37. The van der Waals surface area contributed by atoms with Crippen LogP contribution in [0.1, 0.15) is 42.5 Å². The molecule has 4 heteroatoms. The molecular formula is C19H21NO2S. The summed E-state index contributed by atoms with van der Waals surface area (Å²) in [5.41, 5.74) is 4.31. The van der Waals surface area contributed by atoms with Crippen molar-refractivity contribution in [1.29, 1.82) is 0 Å². The number of rotatable bonds is 5. The predicted molar refractivity (Wildman–Crippen MR) is 93.6 cm³/mol. The first-order chi connectivity index (χ1) is 11.0. The number of hydrogen-bond acceptors (Lipinski definition) is 2. The average molecular weight is 327 g/mol. The molecule has 2 aromatic rings. The van der Waals surface area contributed by atoms with Gasteiger partial charge >= 0.3 is 0 Å². The molecular weight excluding hydrogens is 306 g/mol. The molecule has 1 atom stereocenters. The van der Waals surface area contributed by atoms with E-state index in [1.54, 1.807) is 12.1 Å². The summed E-state index contributed by atoms with van der Waals surface area (Å²) in [6, 6.07) is 14.6. The Morgan fingerprint density at radius 1 is 1.04 bits per heavy atom. The van der Waals surface area contributed by atoms with Gasteiger partial charge in [0.05, 0.1) is 10.9 Å². The van der Waals surface area contributed by atoms with E-state index in [0.29, 0.717) is 4.90 Å². The first kappa shape index (κ1) is 16.0. The summed E-state index contributed by atoms with van der Waals surface area (Å²) in [4.78, 5) is 0.309. The molecule has 1 N–H and O–H groups in total. The van der Waals surface area contributed by atoms with Crippen LogP contribution in [0.4, 0.5) is 0 Å². The lowest BCUT2D eigenvalue weighted by atomic mass is 10.0. The van der Waals surface area contributed by atoms with Crippen molar-refractivity contribution < 1.29 is 8.42 Å². The molecule has 3 nitrogen and oxygen atoms in total. The van der Waals surface area contributed by atoms with Crippen LogP contribution in [0.2, 0.25) is 0 Å². The lowest BCUT2D eigenvalue weighted by Gasteiger charge is -2.19. The number of fused-ring (bicyclic) bond motifs is 1. The monoisotopic (exact) mass is 327 g/mol. The van der Waals surface area contributed by atoms with Crippen molar-refractivity contribution in [3.63, 3.8) is 0 Å². The van der Waals surface area contributed by atoms with Crippen LogP contribution in [0.3, 0.4) is 0 Å². The van der Waals surface area contributed by atoms with Crippen LogP contribution < -0.4 is 4.72 Å². The Hall–Kier alpha value is -1.91. The number of aryl methyl sites for hydroxylation is 1. The number of sulfonamides is 1. The van der Waals surface area contributed by atoms with Gasteiger partial charge in [-0.25, -0.2) is 8.42 Å². The Balaban J connectivity index is 1.94. The van der Waals surface area contributed by atoms with Crippen molar-refractivity contribution >= 4 is 16.1 Å². The SMILES string of the molecule is CCCC1=Cc2ccccc2[C@H]1NS(=O)(=O)c1ccc(C)cc1. The second-order valence-electron chi connectivity index (χ2n) is 5.97. The Morgan fingerprint density at radius 2 is 1.74 bits per heavy atom. The highest BCUT2D eigenvalue weighted by Gasteiger charge is 2.29. The first-order valence-corrected chi connectivity index (χ1v) is 9.38. The second-order valence-corrected chi connectivity index (χ2v) is 7.68. The molecule has 0 heterocycles. The maximum atomic E-state index is 12.7. The van der Waals surface area contributed by atoms with Crippen molar-refractivity contribution in [2.45, 2.75) is 37.6 Å². The van der Waals surface area contributed by atoms with Gasteiger partial charge in [-0.3, -0.25) is 0 Å². The summed E-state index contributed by atoms with van der Waals surface area (Å²) >= 11 is 0. The average Bonchev–Trinajstić information content (AvgIpc) is 2.86. The summed E-state index contributed by atoms with van der Waals surface area (Å²) in [5.74, 6) is 0. The zero-order chi connectivity index (χ0) is 16.4. The third-order valence-electron chi connectivity index (χ3n) is 4.16. The molecule has 120 valence electrons. The zero-order valence-corrected chi connectivity index (χ0v) is 14.2. The Bertz CT molecular complexity index is 836. The first-order valence-electron chi connectivity index (χ1n) is 7.89. The van der Waals surface area contributed by atoms with Gasteiger partial charge in [0.1, 0.15) is 0 Å². The standard InChI is InChI=1S/C19H21NO2S/c1-3-6-16-13-15-7-4-5-8-18(15)19(16)20-23(21,22)17-11-9-14(2)10-12-17/h4-5,7-13,19-20H,3,6H2,1-2H3/t19-/m0/s1. The minimum Gasteiger partial charge on any atom is -0.207 e. The molecule has 1 aliphatic rings. The lowest BCUT2D eigenvalue weighted by Crippen LogP contribution is -2.29. The van der Waals surface area contributed by atoms with E-state index in [-0.39, 0.29) is 6.04 Å². The van der Waals surface area contributed by atoms with Gasteiger partial charge in [0.2, 0.25) is 10.0 Å². The molecule has 3 rings (SSSR count). The molecule has 0 saturated carbocycles. The quantitative estimate of drug-likeness (QED) is 0.894. The third kappa shape index (κ3) is 3.23. The number of nitrogens with one attached hydrogen (secondary N) is 1. The van der Waals surface area contributed by atoms with Gasteiger partial charge in [-0.15, -0.1) is 0 Å². The van der Waals surface area contributed by atoms with E-state index in [1.807, 2.05) is 43.3 Å². The molecule has 0 spiro atoms. The molecule has 2 aromatic carbocycles. The maximum Gasteiger partial charge on any atom is 0.241 e. The molecule has 0 radical (unpaired) electrons. The van der Waals surface area contributed by atoms with Crippen molar-refractivity contribution in [2.75, 3.05) is 0 Å². The topological polar surface area (TPSA) is 46.2 Å². The third-order valence-corrected chi connectivity index (χ3v) is 5.60. The maximum absolute atomic E-state index is 12.7. The van der Waals surface area contributed by atoms with Crippen LogP contribution in [0.25, 0.3) is 6.08 Å². The summed E-state index contributed by atoms with van der Waals surface area (Å²) in [5, 5.41) is 0. The second kappa shape index (κ2) is 6.30. The minimum absolute atomic E-state index is 0.266. The van der Waals surface area contributed by atoms with Gasteiger partial charge in [-0.1, -0.05) is 61.4 Å². The molecule has 23 heavy (non-hydrogen) atoms. The molecule has 0 amide bonds. The molecule has 0 fully saturated rings. The van der Waals surface area contributed by atoms with E-state index in [2.05, 4.69) is 17.7 Å². The normalized spacial score (nSPS) is 17.0. The number of hydrogen-bond donors (Lipinski definition) is 1. The summed E-state index contributed by atoms with van der Waals surface area (Å²) < 4.78 is 28.3. The van der Waals surface area contributed by atoms with E-state index in [1.165, 1.54) is 0 Å². The van der Waals surface area contributed by atoms with E-state index in [0.717, 1.165) is 35.1 Å². The van der Waals surface area contributed by atoms with Crippen molar-refractivity contribution in [2.24, 2.45) is 0 Å². The summed E-state index contributed by atoms with van der Waals surface area (Å²) in [6.45, 7) is 4.05. The van der Waals surface area contributed by atoms with Crippen LogP contribution in [-0.2, 0) is 10.0 Å². The Morgan fingerprint density at radius 3 is 2.43 bits per heavy atom. The van der Waals surface area contributed by atoms with Crippen LogP contribution in [-0.4, -0.2) is 8.42 Å². The van der Waals surface area contributed by atoms with Gasteiger partial charge in [-0.05, 0) is 42.2 Å². The van der Waals surface area contributed by atoms with E-state index < -0.39 is 10.0 Å². The molecule has 1 aliphatic carbocycles. The van der Waals surface area contributed by atoms with Gasteiger partial charge in [0.25, 0.3) is 0 Å². The highest BCUT2D eigenvalue weighted by atomic mass is 32.2. The molecule has 0 aliphatic heterocycles. The van der Waals surface area contributed by atoms with Crippen LogP contribution in [0, 0.1) is 6.92 Å². The zero-order valence-electron chi connectivity index (χ0n) is 13.4.